The largest absolute Gasteiger partial charge is 0.493 e. The molecule has 1 aromatic carbocycles. The molecule has 0 aliphatic rings. The van der Waals surface area contributed by atoms with Crippen LogP contribution in [0.25, 0.3) is 0 Å². The lowest BCUT2D eigenvalue weighted by molar-refractivity contribution is 0.354. The third-order valence-electron chi connectivity index (χ3n) is 3.09. The van der Waals surface area contributed by atoms with E-state index in [4.69, 9.17) is 15.2 Å². The van der Waals surface area contributed by atoms with Crippen molar-refractivity contribution in [2.45, 2.75) is 25.3 Å². The Bertz CT molecular complexity index is 553. The normalized spacial score (nSPS) is 13.8. The van der Waals surface area contributed by atoms with Crippen LogP contribution in [0.4, 0.5) is 0 Å². The Morgan fingerprint density at radius 1 is 1.20 bits per heavy atom. The lowest BCUT2D eigenvalue weighted by Crippen LogP contribution is -2.40. The maximum atomic E-state index is 6.40. The smallest absolute Gasteiger partial charge is 0.160 e. The first-order valence-corrected chi connectivity index (χ1v) is 7.30. The zero-order valence-corrected chi connectivity index (χ0v) is 12.9. The van der Waals surface area contributed by atoms with Crippen molar-refractivity contribution in [1.29, 1.82) is 0 Å². The molecule has 108 valence electrons. The lowest BCUT2D eigenvalue weighted by Gasteiger charge is -2.24. The molecule has 1 aromatic heterocycles. The topological polar surface area (TPSA) is 57.4 Å². The monoisotopic (exact) mass is 292 g/mol. The minimum Gasteiger partial charge on any atom is -0.493 e. The zero-order chi connectivity index (χ0) is 14.6. The van der Waals surface area contributed by atoms with Crippen molar-refractivity contribution >= 4 is 11.3 Å². The van der Waals surface area contributed by atoms with Crippen LogP contribution in [0, 0.1) is 0 Å². The second-order valence-corrected chi connectivity index (χ2v) is 6.10. The molecule has 5 heteroatoms. The number of methoxy groups -OCH3 is 2. The second-order valence-electron chi connectivity index (χ2n) is 5.12. The molecule has 0 amide bonds. The Balaban J connectivity index is 2.12. The lowest BCUT2D eigenvalue weighted by atomic mass is 9.91. The van der Waals surface area contributed by atoms with Crippen molar-refractivity contribution < 1.29 is 9.47 Å². The van der Waals surface area contributed by atoms with Gasteiger partial charge in [0.25, 0.3) is 0 Å². The highest BCUT2D eigenvalue weighted by molar-refractivity contribution is 7.09. The molecule has 0 aliphatic heterocycles. The molecule has 1 unspecified atom stereocenters. The van der Waals surface area contributed by atoms with E-state index in [1.807, 2.05) is 36.7 Å². The molecule has 2 aromatic rings. The van der Waals surface area contributed by atoms with Crippen LogP contribution < -0.4 is 15.2 Å². The van der Waals surface area contributed by atoms with E-state index in [9.17, 15) is 0 Å². The number of thiazole rings is 1. The summed E-state index contributed by atoms with van der Waals surface area (Å²) in [6.07, 6.45) is 3.33. The molecule has 20 heavy (non-hydrogen) atoms. The number of nitrogens with zero attached hydrogens (tertiary/aromatic N) is 1. The highest BCUT2D eigenvalue weighted by Crippen LogP contribution is 2.29. The van der Waals surface area contributed by atoms with Crippen LogP contribution >= 0.6 is 11.3 Å². The molecular weight excluding hydrogens is 272 g/mol. The number of ether oxygens (including phenoxy) is 2. The van der Waals surface area contributed by atoms with E-state index in [0.717, 1.165) is 34.9 Å². The fourth-order valence-corrected chi connectivity index (χ4v) is 3.02. The average Bonchev–Trinajstić information content (AvgIpc) is 2.90. The molecule has 0 saturated heterocycles. The highest BCUT2D eigenvalue weighted by Gasteiger charge is 2.21. The third kappa shape index (κ3) is 3.71. The standard InChI is InChI=1S/C15H20N2O2S/c1-15(16,10-14-17-6-7-20-14)9-11-4-5-12(18-2)13(8-11)19-3/h4-8H,9-10,16H2,1-3H3. The summed E-state index contributed by atoms with van der Waals surface area (Å²) in [6.45, 7) is 2.05. The van der Waals surface area contributed by atoms with Gasteiger partial charge in [-0.15, -0.1) is 11.3 Å². The molecule has 0 aliphatic carbocycles. The minimum absolute atomic E-state index is 0.336. The van der Waals surface area contributed by atoms with Crippen LogP contribution in [-0.4, -0.2) is 24.7 Å². The summed E-state index contributed by atoms with van der Waals surface area (Å²) in [6, 6.07) is 5.91. The number of hydrogen-bond donors (Lipinski definition) is 1. The van der Waals surface area contributed by atoms with E-state index < -0.39 is 0 Å². The summed E-state index contributed by atoms with van der Waals surface area (Å²) in [4.78, 5) is 4.30. The molecule has 0 saturated carbocycles. The Kier molecular flexibility index (Phi) is 4.62. The van der Waals surface area contributed by atoms with Crippen LogP contribution in [0.1, 0.15) is 17.5 Å². The predicted octanol–water partition coefficient (Wildman–Crippen LogP) is 2.66. The first-order valence-electron chi connectivity index (χ1n) is 6.42. The van der Waals surface area contributed by atoms with Crippen molar-refractivity contribution in [1.82, 2.24) is 4.98 Å². The van der Waals surface area contributed by atoms with E-state index in [-0.39, 0.29) is 5.54 Å². The Morgan fingerprint density at radius 3 is 2.55 bits per heavy atom. The molecule has 2 N–H and O–H groups in total. The molecule has 2 rings (SSSR count). The Hall–Kier alpha value is -1.59. The Morgan fingerprint density at radius 2 is 1.95 bits per heavy atom. The summed E-state index contributed by atoms with van der Waals surface area (Å²) in [5.74, 6) is 1.46. The number of hydrogen-bond acceptors (Lipinski definition) is 5. The number of rotatable bonds is 6. The Labute approximate surface area is 123 Å². The van der Waals surface area contributed by atoms with Crippen LogP contribution in [0.5, 0.6) is 11.5 Å². The van der Waals surface area contributed by atoms with Gasteiger partial charge < -0.3 is 15.2 Å². The van der Waals surface area contributed by atoms with Gasteiger partial charge in [-0.25, -0.2) is 4.98 Å². The van der Waals surface area contributed by atoms with Crippen molar-refractivity contribution in [3.05, 3.63) is 40.3 Å². The van der Waals surface area contributed by atoms with Crippen LogP contribution in [0.2, 0.25) is 0 Å². The first kappa shape index (κ1) is 14.8. The molecule has 1 atom stereocenters. The van der Waals surface area contributed by atoms with Gasteiger partial charge in [0.15, 0.2) is 11.5 Å². The zero-order valence-electron chi connectivity index (χ0n) is 12.1. The molecule has 0 spiro atoms. The van der Waals surface area contributed by atoms with Crippen molar-refractivity contribution in [3.63, 3.8) is 0 Å². The average molecular weight is 292 g/mol. The van der Waals surface area contributed by atoms with E-state index in [1.165, 1.54) is 0 Å². The SMILES string of the molecule is COc1ccc(CC(C)(N)Cc2nccs2)cc1OC. The molecule has 0 bridgehead atoms. The maximum absolute atomic E-state index is 6.40. The van der Waals surface area contributed by atoms with E-state index in [2.05, 4.69) is 4.98 Å². The van der Waals surface area contributed by atoms with Crippen molar-refractivity contribution in [2.24, 2.45) is 5.73 Å². The summed E-state index contributed by atoms with van der Waals surface area (Å²) in [5.41, 5.74) is 7.19. The summed E-state index contributed by atoms with van der Waals surface area (Å²) < 4.78 is 10.6. The van der Waals surface area contributed by atoms with Crippen molar-refractivity contribution in [2.75, 3.05) is 14.2 Å². The van der Waals surface area contributed by atoms with Crippen molar-refractivity contribution in [3.8, 4) is 11.5 Å². The van der Waals surface area contributed by atoms with Gasteiger partial charge in [0.1, 0.15) is 0 Å². The fourth-order valence-electron chi connectivity index (χ4n) is 2.21. The van der Waals surface area contributed by atoms with E-state index >= 15 is 0 Å². The number of aromatic nitrogens is 1. The molecule has 0 fully saturated rings. The van der Waals surface area contributed by atoms with Gasteiger partial charge >= 0.3 is 0 Å². The maximum Gasteiger partial charge on any atom is 0.160 e. The van der Waals surface area contributed by atoms with Crippen LogP contribution in [-0.2, 0) is 12.8 Å². The van der Waals surface area contributed by atoms with Gasteiger partial charge in [0, 0.05) is 23.5 Å². The van der Waals surface area contributed by atoms with Gasteiger partial charge in [-0.1, -0.05) is 6.07 Å². The van der Waals surface area contributed by atoms with E-state index in [0.29, 0.717) is 0 Å². The van der Waals surface area contributed by atoms with Gasteiger partial charge in [0.2, 0.25) is 0 Å². The predicted molar refractivity (Wildman–Crippen MR) is 81.7 cm³/mol. The second kappa shape index (κ2) is 6.24. The molecule has 1 heterocycles. The summed E-state index contributed by atoms with van der Waals surface area (Å²) in [7, 11) is 3.27. The highest BCUT2D eigenvalue weighted by atomic mass is 32.1. The number of benzene rings is 1. The molecule has 4 nitrogen and oxygen atoms in total. The fraction of sp³-hybridized carbons (Fsp3) is 0.400. The summed E-state index contributed by atoms with van der Waals surface area (Å²) in [5, 5.41) is 3.04. The molecule has 0 radical (unpaired) electrons. The number of nitrogens with two attached hydrogens (primary N) is 1. The van der Waals surface area contributed by atoms with Crippen LogP contribution in [0.15, 0.2) is 29.8 Å². The van der Waals surface area contributed by atoms with Gasteiger partial charge in [-0.05, 0) is 31.0 Å². The quantitative estimate of drug-likeness (QED) is 0.889. The van der Waals surface area contributed by atoms with E-state index in [1.54, 1.807) is 25.6 Å². The van der Waals surface area contributed by atoms with Crippen LogP contribution in [0.3, 0.4) is 0 Å². The third-order valence-corrected chi connectivity index (χ3v) is 3.87. The van der Waals surface area contributed by atoms with Gasteiger partial charge in [-0.2, -0.15) is 0 Å². The first-order chi connectivity index (χ1) is 9.54. The van der Waals surface area contributed by atoms with Gasteiger partial charge in [0.05, 0.1) is 19.2 Å². The summed E-state index contributed by atoms with van der Waals surface area (Å²) >= 11 is 1.64. The molecular formula is C15H20N2O2S. The van der Waals surface area contributed by atoms with Gasteiger partial charge in [-0.3, -0.25) is 0 Å². The minimum atomic E-state index is -0.336.